The molecule has 0 aliphatic heterocycles. The first kappa shape index (κ1) is 11.1. The first-order valence-corrected chi connectivity index (χ1v) is 4.38. The van der Waals surface area contributed by atoms with E-state index in [4.69, 9.17) is 15.9 Å². The lowest BCUT2D eigenvalue weighted by Gasteiger charge is -2.05. The number of nitrogens with zero attached hydrogens (tertiary/aromatic N) is 2. The molecule has 0 saturated carbocycles. The number of aromatic nitrogens is 2. The lowest BCUT2D eigenvalue weighted by atomic mass is 10.4. The van der Waals surface area contributed by atoms with E-state index in [0.717, 1.165) is 5.57 Å². The summed E-state index contributed by atoms with van der Waals surface area (Å²) in [6.45, 7) is 6.19. The molecule has 1 aromatic heterocycles. The average molecular weight is 204 g/mol. The van der Waals surface area contributed by atoms with Crippen molar-refractivity contribution in [1.29, 1.82) is 0 Å². The molecule has 0 unspecified atom stereocenters. The first-order chi connectivity index (χ1) is 7.22. The molecule has 1 rings (SSSR count). The van der Waals surface area contributed by atoms with Gasteiger partial charge in [-0.15, -0.1) is 6.42 Å². The Labute approximate surface area is 89.0 Å². The summed E-state index contributed by atoms with van der Waals surface area (Å²) in [5, 5.41) is 0. The minimum absolute atomic E-state index is 0.178. The molecule has 0 spiro atoms. The highest BCUT2D eigenvalue weighted by molar-refractivity contribution is 5.19. The van der Waals surface area contributed by atoms with Crippen LogP contribution in [0.4, 0.5) is 0 Å². The Morgan fingerprint density at radius 2 is 2.13 bits per heavy atom. The summed E-state index contributed by atoms with van der Waals surface area (Å²) in [6, 6.07) is 1.58. The van der Waals surface area contributed by atoms with Crippen molar-refractivity contribution in [2.45, 2.75) is 6.92 Å². The van der Waals surface area contributed by atoms with E-state index >= 15 is 0 Å². The molecular formula is C11H12N2O2. The predicted octanol–water partition coefficient (Wildman–Crippen LogP) is 1.44. The van der Waals surface area contributed by atoms with Crippen LogP contribution in [0.5, 0.6) is 11.8 Å². The Kier molecular flexibility index (Phi) is 4.17. The van der Waals surface area contributed by atoms with E-state index in [1.807, 2.05) is 6.92 Å². The summed E-state index contributed by atoms with van der Waals surface area (Å²) in [7, 11) is 0. The van der Waals surface area contributed by atoms with Crippen molar-refractivity contribution >= 4 is 0 Å². The van der Waals surface area contributed by atoms with Crippen molar-refractivity contribution in [2.75, 3.05) is 13.2 Å². The zero-order valence-electron chi connectivity index (χ0n) is 8.56. The van der Waals surface area contributed by atoms with Crippen LogP contribution in [0.2, 0.25) is 0 Å². The van der Waals surface area contributed by atoms with Gasteiger partial charge in [-0.2, -0.15) is 0 Å². The Hall–Kier alpha value is -2.02. The highest BCUT2D eigenvalue weighted by Gasteiger charge is 1.99. The van der Waals surface area contributed by atoms with Gasteiger partial charge in [0.1, 0.15) is 12.9 Å². The quantitative estimate of drug-likeness (QED) is 0.537. The molecule has 0 amide bonds. The second kappa shape index (κ2) is 5.66. The molecule has 4 nitrogen and oxygen atoms in total. The molecule has 1 aromatic rings. The molecule has 0 aliphatic rings. The summed E-state index contributed by atoms with van der Waals surface area (Å²) in [6.07, 6.45) is 6.41. The van der Waals surface area contributed by atoms with Gasteiger partial charge in [0, 0.05) is 0 Å². The molecule has 1 heterocycles. The van der Waals surface area contributed by atoms with E-state index in [1.165, 1.54) is 6.33 Å². The van der Waals surface area contributed by atoms with E-state index in [2.05, 4.69) is 22.5 Å². The largest absolute Gasteiger partial charge is 0.473 e. The van der Waals surface area contributed by atoms with Crippen molar-refractivity contribution in [3.8, 4) is 24.1 Å². The van der Waals surface area contributed by atoms with Crippen molar-refractivity contribution < 1.29 is 9.47 Å². The maximum absolute atomic E-state index is 5.31. The van der Waals surface area contributed by atoms with Crippen LogP contribution in [0.3, 0.4) is 0 Å². The van der Waals surface area contributed by atoms with Crippen molar-refractivity contribution in [1.82, 2.24) is 9.97 Å². The van der Waals surface area contributed by atoms with Crippen LogP contribution in [0.1, 0.15) is 6.92 Å². The van der Waals surface area contributed by atoms with Gasteiger partial charge in [-0.25, -0.2) is 9.97 Å². The molecule has 0 bridgehead atoms. The van der Waals surface area contributed by atoms with E-state index < -0.39 is 0 Å². The Balaban J connectivity index is 2.58. The maximum atomic E-state index is 5.31. The highest BCUT2D eigenvalue weighted by Crippen LogP contribution is 2.13. The van der Waals surface area contributed by atoms with Gasteiger partial charge in [-0.05, 0) is 12.5 Å². The fourth-order valence-electron chi connectivity index (χ4n) is 0.793. The SMILES string of the molecule is C#CCOc1cc(OCC(=C)C)ncn1. The second-order valence-corrected chi connectivity index (χ2v) is 2.93. The summed E-state index contributed by atoms with van der Waals surface area (Å²) in [5.41, 5.74) is 0.916. The van der Waals surface area contributed by atoms with Crippen LogP contribution in [-0.2, 0) is 0 Å². The van der Waals surface area contributed by atoms with E-state index in [-0.39, 0.29) is 6.61 Å². The number of rotatable bonds is 5. The molecule has 15 heavy (non-hydrogen) atoms. The Morgan fingerprint density at radius 1 is 1.47 bits per heavy atom. The number of hydrogen-bond donors (Lipinski definition) is 0. The van der Waals surface area contributed by atoms with Gasteiger partial charge >= 0.3 is 0 Å². The van der Waals surface area contributed by atoms with Gasteiger partial charge in [-0.1, -0.05) is 12.5 Å². The van der Waals surface area contributed by atoms with Crippen LogP contribution >= 0.6 is 0 Å². The zero-order valence-corrected chi connectivity index (χ0v) is 8.56. The zero-order chi connectivity index (χ0) is 11.1. The van der Waals surface area contributed by atoms with Crippen LogP contribution in [-0.4, -0.2) is 23.2 Å². The standard InChI is InChI=1S/C11H12N2O2/c1-4-5-14-10-6-11(13-8-12-10)15-7-9(2)3/h1,6,8H,2,5,7H2,3H3. The number of ether oxygens (including phenoxy) is 2. The number of hydrogen-bond acceptors (Lipinski definition) is 4. The summed E-state index contributed by atoms with van der Waals surface area (Å²) >= 11 is 0. The van der Waals surface area contributed by atoms with Crippen LogP contribution in [0, 0.1) is 12.3 Å². The molecule has 4 heteroatoms. The fraction of sp³-hybridized carbons (Fsp3) is 0.273. The van der Waals surface area contributed by atoms with Gasteiger partial charge in [-0.3, -0.25) is 0 Å². The molecule has 78 valence electrons. The summed E-state index contributed by atoms with van der Waals surface area (Å²) < 4.78 is 10.4. The number of terminal acetylenes is 1. The molecule has 0 aromatic carbocycles. The smallest absolute Gasteiger partial charge is 0.221 e. The molecule has 0 fully saturated rings. The van der Waals surface area contributed by atoms with Crippen LogP contribution in [0.25, 0.3) is 0 Å². The summed E-state index contributed by atoms with van der Waals surface area (Å²) in [5.74, 6) is 3.20. The average Bonchev–Trinajstić information content (AvgIpc) is 2.24. The van der Waals surface area contributed by atoms with Gasteiger partial charge < -0.3 is 9.47 Å². The van der Waals surface area contributed by atoms with Crippen molar-refractivity contribution in [3.63, 3.8) is 0 Å². The van der Waals surface area contributed by atoms with Crippen molar-refractivity contribution in [2.24, 2.45) is 0 Å². The maximum Gasteiger partial charge on any atom is 0.221 e. The fourth-order valence-corrected chi connectivity index (χ4v) is 0.793. The second-order valence-electron chi connectivity index (χ2n) is 2.93. The molecular weight excluding hydrogens is 192 g/mol. The predicted molar refractivity (Wildman–Crippen MR) is 56.7 cm³/mol. The Morgan fingerprint density at radius 3 is 2.73 bits per heavy atom. The third kappa shape index (κ3) is 4.14. The van der Waals surface area contributed by atoms with E-state index in [1.54, 1.807) is 6.07 Å². The monoisotopic (exact) mass is 204 g/mol. The van der Waals surface area contributed by atoms with Gasteiger partial charge in [0.05, 0.1) is 6.07 Å². The van der Waals surface area contributed by atoms with Gasteiger partial charge in [0.25, 0.3) is 0 Å². The van der Waals surface area contributed by atoms with Crippen molar-refractivity contribution in [3.05, 3.63) is 24.5 Å². The van der Waals surface area contributed by atoms with E-state index in [0.29, 0.717) is 18.4 Å². The van der Waals surface area contributed by atoms with Crippen LogP contribution < -0.4 is 9.47 Å². The van der Waals surface area contributed by atoms with Gasteiger partial charge in [0.15, 0.2) is 6.61 Å². The van der Waals surface area contributed by atoms with Crippen LogP contribution in [0.15, 0.2) is 24.5 Å². The van der Waals surface area contributed by atoms with Gasteiger partial charge in [0.2, 0.25) is 11.8 Å². The molecule has 0 saturated heterocycles. The molecule has 0 N–H and O–H groups in total. The Bertz CT molecular complexity index is 382. The van der Waals surface area contributed by atoms with E-state index in [9.17, 15) is 0 Å². The topological polar surface area (TPSA) is 44.2 Å². The first-order valence-electron chi connectivity index (χ1n) is 4.38. The third-order valence-electron chi connectivity index (χ3n) is 1.39. The third-order valence-corrected chi connectivity index (χ3v) is 1.39. The lowest BCUT2D eigenvalue weighted by molar-refractivity contribution is 0.322. The minimum atomic E-state index is 0.178. The molecule has 0 atom stereocenters. The molecule has 0 aliphatic carbocycles. The lowest BCUT2D eigenvalue weighted by Crippen LogP contribution is -2.01. The minimum Gasteiger partial charge on any atom is -0.473 e. The molecule has 0 radical (unpaired) electrons. The normalized spacial score (nSPS) is 9.07. The summed E-state index contributed by atoms with van der Waals surface area (Å²) in [4.78, 5) is 7.79. The highest BCUT2D eigenvalue weighted by atomic mass is 16.5.